The van der Waals surface area contributed by atoms with Crippen molar-refractivity contribution in [2.24, 2.45) is 0 Å². The second kappa shape index (κ2) is 4.33. The van der Waals surface area contributed by atoms with Crippen molar-refractivity contribution in [2.75, 3.05) is 11.9 Å². The first-order chi connectivity index (χ1) is 8.08. The zero-order valence-electron chi connectivity index (χ0n) is 9.68. The molecule has 1 N–H and O–H groups in total. The highest BCUT2D eigenvalue weighted by molar-refractivity contribution is 5.85. The van der Waals surface area contributed by atoms with Crippen molar-refractivity contribution in [3.05, 3.63) is 47.7 Å². The van der Waals surface area contributed by atoms with Gasteiger partial charge in [0, 0.05) is 18.8 Å². The summed E-state index contributed by atoms with van der Waals surface area (Å²) in [7, 11) is 1.83. The standard InChI is InChI=1S/C13H13NO3/c1-9-4-3-5-10(8-9)14(2)12-7-6-11(17-12)13(15)16/h3-8H,1-2H3,(H,15,16). The molecule has 0 aliphatic rings. The van der Waals surface area contributed by atoms with Crippen LogP contribution in [0.1, 0.15) is 16.1 Å². The molecule has 0 amide bonds. The Morgan fingerprint density at radius 2 is 2.06 bits per heavy atom. The molecule has 0 unspecified atom stereocenters. The molecule has 0 saturated carbocycles. The number of aromatic carboxylic acids is 1. The van der Waals surface area contributed by atoms with Crippen LogP contribution in [0.25, 0.3) is 0 Å². The average Bonchev–Trinajstić information content (AvgIpc) is 2.77. The van der Waals surface area contributed by atoms with Gasteiger partial charge in [0.05, 0.1) is 0 Å². The number of hydrogen-bond acceptors (Lipinski definition) is 3. The largest absolute Gasteiger partial charge is 0.475 e. The Labute approximate surface area is 99.1 Å². The van der Waals surface area contributed by atoms with Gasteiger partial charge < -0.3 is 14.4 Å². The van der Waals surface area contributed by atoms with Gasteiger partial charge in [-0.25, -0.2) is 4.79 Å². The number of anilines is 2. The number of benzene rings is 1. The van der Waals surface area contributed by atoms with E-state index in [1.165, 1.54) is 6.07 Å². The van der Waals surface area contributed by atoms with Crippen molar-refractivity contribution in [2.45, 2.75) is 6.92 Å². The third kappa shape index (κ3) is 2.30. The van der Waals surface area contributed by atoms with E-state index in [1.54, 1.807) is 11.0 Å². The van der Waals surface area contributed by atoms with Crippen LogP contribution in [-0.2, 0) is 0 Å². The summed E-state index contributed by atoms with van der Waals surface area (Å²) in [5.74, 6) is -0.610. The molecular weight excluding hydrogens is 218 g/mol. The molecule has 0 aliphatic carbocycles. The molecule has 0 saturated heterocycles. The maximum Gasteiger partial charge on any atom is 0.371 e. The second-order valence-corrected chi connectivity index (χ2v) is 3.84. The van der Waals surface area contributed by atoms with E-state index in [0.717, 1.165) is 11.3 Å². The van der Waals surface area contributed by atoms with E-state index in [4.69, 9.17) is 9.52 Å². The van der Waals surface area contributed by atoms with Crippen LogP contribution >= 0.6 is 0 Å². The lowest BCUT2D eigenvalue weighted by Crippen LogP contribution is -2.08. The summed E-state index contributed by atoms with van der Waals surface area (Å²) >= 11 is 0. The van der Waals surface area contributed by atoms with E-state index >= 15 is 0 Å². The van der Waals surface area contributed by atoms with Crippen LogP contribution in [0.15, 0.2) is 40.8 Å². The molecule has 0 atom stereocenters. The fourth-order valence-electron chi connectivity index (χ4n) is 1.59. The summed E-state index contributed by atoms with van der Waals surface area (Å²) in [5.41, 5.74) is 2.09. The minimum Gasteiger partial charge on any atom is -0.475 e. The summed E-state index contributed by atoms with van der Waals surface area (Å²) in [5, 5.41) is 8.78. The quantitative estimate of drug-likeness (QED) is 0.882. The maximum atomic E-state index is 10.7. The Morgan fingerprint density at radius 3 is 2.65 bits per heavy atom. The highest BCUT2D eigenvalue weighted by Crippen LogP contribution is 2.26. The molecule has 1 heterocycles. The lowest BCUT2D eigenvalue weighted by Gasteiger charge is -2.16. The van der Waals surface area contributed by atoms with Gasteiger partial charge in [-0.1, -0.05) is 12.1 Å². The predicted molar refractivity (Wildman–Crippen MR) is 64.9 cm³/mol. The zero-order valence-corrected chi connectivity index (χ0v) is 9.68. The van der Waals surface area contributed by atoms with Crippen molar-refractivity contribution in [3.8, 4) is 0 Å². The number of nitrogens with zero attached hydrogens (tertiary/aromatic N) is 1. The fourth-order valence-corrected chi connectivity index (χ4v) is 1.59. The van der Waals surface area contributed by atoms with Gasteiger partial charge in [-0.2, -0.15) is 0 Å². The molecule has 0 radical (unpaired) electrons. The van der Waals surface area contributed by atoms with Crippen LogP contribution in [0.4, 0.5) is 11.6 Å². The molecule has 2 rings (SSSR count). The van der Waals surface area contributed by atoms with E-state index in [9.17, 15) is 4.79 Å². The SMILES string of the molecule is Cc1cccc(N(C)c2ccc(C(=O)O)o2)c1. The average molecular weight is 231 g/mol. The predicted octanol–water partition coefficient (Wildman–Crippen LogP) is 3.05. The number of furan rings is 1. The number of rotatable bonds is 3. The van der Waals surface area contributed by atoms with Crippen LogP contribution in [0, 0.1) is 6.92 Å². The third-order valence-corrected chi connectivity index (χ3v) is 2.52. The van der Waals surface area contributed by atoms with Crippen molar-refractivity contribution in [1.82, 2.24) is 0 Å². The number of carboxylic acids is 1. The Morgan fingerprint density at radius 1 is 1.29 bits per heavy atom. The summed E-state index contributed by atoms with van der Waals surface area (Å²) in [4.78, 5) is 12.5. The first-order valence-electron chi connectivity index (χ1n) is 5.21. The highest BCUT2D eigenvalue weighted by Gasteiger charge is 2.12. The highest BCUT2D eigenvalue weighted by atomic mass is 16.4. The maximum absolute atomic E-state index is 10.7. The molecule has 0 fully saturated rings. The topological polar surface area (TPSA) is 53.7 Å². The van der Waals surface area contributed by atoms with Gasteiger partial charge in [0.2, 0.25) is 11.6 Å². The number of carboxylic acid groups (broad SMARTS) is 1. The van der Waals surface area contributed by atoms with Crippen molar-refractivity contribution in [1.29, 1.82) is 0 Å². The summed E-state index contributed by atoms with van der Waals surface area (Å²) in [6.45, 7) is 2.00. The number of carbonyl (C=O) groups is 1. The monoisotopic (exact) mass is 231 g/mol. The summed E-state index contributed by atoms with van der Waals surface area (Å²) in [6, 6.07) is 11.0. The first-order valence-corrected chi connectivity index (χ1v) is 5.21. The van der Waals surface area contributed by atoms with Gasteiger partial charge in [0.25, 0.3) is 0 Å². The Balaban J connectivity index is 2.30. The van der Waals surface area contributed by atoms with Gasteiger partial charge in [-0.05, 0) is 30.7 Å². The Bertz CT molecular complexity index is 545. The lowest BCUT2D eigenvalue weighted by molar-refractivity contribution is 0.0663. The van der Waals surface area contributed by atoms with E-state index in [1.807, 2.05) is 38.2 Å². The van der Waals surface area contributed by atoms with Crippen molar-refractivity contribution >= 4 is 17.5 Å². The molecule has 1 aromatic carbocycles. The van der Waals surface area contributed by atoms with Gasteiger partial charge in [0.1, 0.15) is 0 Å². The molecule has 2 aromatic rings. The molecule has 17 heavy (non-hydrogen) atoms. The van der Waals surface area contributed by atoms with Crippen LogP contribution < -0.4 is 4.90 Å². The van der Waals surface area contributed by atoms with E-state index < -0.39 is 5.97 Å². The minimum absolute atomic E-state index is 0.0560. The van der Waals surface area contributed by atoms with E-state index in [-0.39, 0.29) is 5.76 Å². The van der Waals surface area contributed by atoms with Crippen molar-refractivity contribution in [3.63, 3.8) is 0 Å². The van der Waals surface area contributed by atoms with E-state index in [2.05, 4.69) is 0 Å². The smallest absolute Gasteiger partial charge is 0.371 e. The zero-order chi connectivity index (χ0) is 12.4. The summed E-state index contributed by atoms with van der Waals surface area (Å²) < 4.78 is 5.23. The van der Waals surface area contributed by atoms with Crippen molar-refractivity contribution < 1.29 is 14.3 Å². The van der Waals surface area contributed by atoms with Crippen LogP contribution in [0.3, 0.4) is 0 Å². The lowest BCUT2D eigenvalue weighted by atomic mass is 10.2. The summed E-state index contributed by atoms with van der Waals surface area (Å²) in [6.07, 6.45) is 0. The van der Waals surface area contributed by atoms with Gasteiger partial charge >= 0.3 is 5.97 Å². The molecule has 4 nitrogen and oxygen atoms in total. The molecule has 88 valence electrons. The fraction of sp³-hybridized carbons (Fsp3) is 0.154. The van der Waals surface area contributed by atoms with Crippen LogP contribution in [0.2, 0.25) is 0 Å². The Hall–Kier alpha value is -2.23. The first kappa shape index (κ1) is 11.3. The molecule has 0 aliphatic heterocycles. The Kier molecular flexibility index (Phi) is 2.87. The molecular formula is C13H13NO3. The van der Waals surface area contributed by atoms with Gasteiger partial charge in [-0.3, -0.25) is 0 Å². The van der Waals surface area contributed by atoms with Crippen LogP contribution in [0.5, 0.6) is 0 Å². The normalized spacial score (nSPS) is 10.2. The van der Waals surface area contributed by atoms with Gasteiger partial charge in [0.15, 0.2) is 0 Å². The molecule has 1 aromatic heterocycles. The van der Waals surface area contributed by atoms with Crippen LogP contribution in [-0.4, -0.2) is 18.1 Å². The number of hydrogen-bond donors (Lipinski definition) is 1. The minimum atomic E-state index is -1.06. The molecule has 0 bridgehead atoms. The number of aryl methyl sites for hydroxylation is 1. The van der Waals surface area contributed by atoms with Gasteiger partial charge in [-0.15, -0.1) is 0 Å². The molecule has 0 spiro atoms. The second-order valence-electron chi connectivity index (χ2n) is 3.84. The third-order valence-electron chi connectivity index (χ3n) is 2.52. The van der Waals surface area contributed by atoms with E-state index in [0.29, 0.717) is 5.88 Å². The molecule has 4 heteroatoms.